The number of phenols is 1. The first-order valence-electron chi connectivity index (χ1n) is 10.1. The fourth-order valence-corrected chi connectivity index (χ4v) is 3.64. The van der Waals surface area contributed by atoms with Gasteiger partial charge in [-0.2, -0.15) is 13.5 Å². The lowest BCUT2D eigenvalue weighted by Crippen LogP contribution is -2.07. The lowest BCUT2D eigenvalue weighted by molar-refractivity contribution is 0.304. The Hall–Kier alpha value is -3.70. The molecule has 0 aliphatic carbocycles. The van der Waals surface area contributed by atoms with Crippen molar-refractivity contribution in [2.75, 3.05) is 25.3 Å². The maximum Gasteiger partial charge on any atom is 0.264 e. The van der Waals surface area contributed by atoms with Crippen LogP contribution in [-0.4, -0.2) is 53.2 Å². The molecule has 0 aliphatic rings. The smallest absolute Gasteiger partial charge is 0.264 e. The number of rotatable bonds is 9. The molecule has 4 rings (SSSR count). The molecule has 172 valence electrons. The number of fused-ring (bicyclic) bond motifs is 1. The number of aromatic hydroxyl groups is 1. The Kier molecular flexibility index (Phi) is 6.43. The van der Waals surface area contributed by atoms with E-state index >= 15 is 0 Å². The number of methoxy groups -OCH3 is 1. The molecule has 2 aromatic heterocycles. The van der Waals surface area contributed by atoms with Gasteiger partial charge in [0.25, 0.3) is 10.1 Å². The Morgan fingerprint density at radius 2 is 1.94 bits per heavy atom. The first kappa shape index (κ1) is 22.5. The summed E-state index contributed by atoms with van der Waals surface area (Å²) in [6.07, 6.45) is 6.74. The van der Waals surface area contributed by atoms with Crippen LogP contribution < -0.4 is 10.1 Å². The summed E-state index contributed by atoms with van der Waals surface area (Å²) in [6, 6.07) is 10.5. The van der Waals surface area contributed by atoms with Crippen molar-refractivity contribution in [3.63, 3.8) is 0 Å². The van der Waals surface area contributed by atoms with Crippen molar-refractivity contribution in [3.8, 4) is 22.8 Å². The van der Waals surface area contributed by atoms with Gasteiger partial charge in [0.05, 0.1) is 49.1 Å². The number of nitrogens with zero attached hydrogens (tertiary/aromatic N) is 4. The molecule has 0 aliphatic heterocycles. The summed E-state index contributed by atoms with van der Waals surface area (Å²) in [6.45, 7) is 0.614. The molecule has 0 unspecified atom stereocenters. The van der Waals surface area contributed by atoms with E-state index in [1.54, 1.807) is 29.2 Å². The number of phenolic OH excluding ortho intramolecular Hbond substituents is 1. The molecule has 0 fully saturated rings. The molecule has 2 aromatic carbocycles. The second kappa shape index (κ2) is 9.43. The molecule has 0 saturated carbocycles. The van der Waals surface area contributed by atoms with Crippen LogP contribution in [-0.2, 0) is 20.8 Å². The quantitative estimate of drug-likeness (QED) is 0.280. The van der Waals surface area contributed by atoms with E-state index in [-0.39, 0.29) is 12.4 Å². The van der Waals surface area contributed by atoms with E-state index in [9.17, 15) is 13.5 Å². The Morgan fingerprint density at radius 1 is 1.09 bits per heavy atom. The molecule has 2 heterocycles. The number of nitrogens with one attached hydrogen (secondary N) is 1. The molecular formula is C22H23N5O5S. The molecule has 0 spiro atoms. The number of aryl methyl sites for hydroxylation is 1. The highest BCUT2D eigenvalue weighted by molar-refractivity contribution is 7.85. The first-order valence-corrected chi connectivity index (χ1v) is 11.9. The van der Waals surface area contributed by atoms with Crippen molar-refractivity contribution < 1.29 is 22.4 Å². The van der Waals surface area contributed by atoms with Gasteiger partial charge in [-0.25, -0.2) is 4.98 Å². The van der Waals surface area contributed by atoms with Crippen molar-refractivity contribution in [1.82, 2.24) is 19.7 Å². The molecule has 11 heteroatoms. The van der Waals surface area contributed by atoms with Crippen LogP contribution in [0.15, 0.2) is 55.0 Å². The van der Waals surface area contributed by atoms with Crippen LogP contribution in [0.1, 0.15) is 6.42 Å². The minimum atomic E-state index is -3.44. The van der Waals surface area contributed by atoms with Crippen molar-refractivity contribution >= 4 is 32.5 Å². The molecule has 10 nitrogen and oxygen atoms in total. The first-order chi connectivity index (χ1) is 15.8. The van der Waals surface area contributed by atoms with E-state index in [1.165, 1.54) is 13.2 Å². The highest BCUT2D eigenvalue weighted by atomic mass is 32.2. The van der Waals surface area contributed by atoms with E-state index in [1.807, 2.05) is 24.4 Å². The summed E-state index contributed by atoms with van der Waals surface area (Å²) < 4.78 is 33.7. The predicted octanol–water partition coefficient (Wildman–Crippen LogP) is 3.32. The molecule has 0 bridgehead atoms. The van der Waals surface area contributed by atoms with E-state index in [0.717, 1.165) is 23.0 Å². The number of anilines is 2. The predicted molar refractivity (Wildman–Crippen MR) is 124 cm³/mol. The highest BCUT2D eigenvalue weighted by Gasteiger charge is 2.08. The summed E-state index contributed by atoms with van der Waals surface area (Å²) in [5.74, 6) is 0.639. The van der Waals surface area contributed by atoms with Gasteiger partial charge < -0.3 is 15.2 Å². The summed E-state index contributed by atoms with van der Waals surface area (Å²) in [5, 5.41) is 17.4. The number of ether oxygens (including phenoxy) is 1. The zero-order valence-electron chi connectivity index (χ0n) is 18.1. The maximum absolute atomic E-state index is 11.0. The fraction of sp³-hybridized carbons (Fsp3) is 0.227. The minimum absolute atomic E-state index is 0.0969. The molecule has 0 amide bonds. The zero-order valence-corrected chi connectivity index (χ0v) is 18.9. The number of hydrogen-bond acceptors (Lipinski definition) is 9. The third-order valence-corrected chi connectivity index (χ3v) is 5.31. The SMILES string of the molecule is COc1cc(O)cc(Nc2ccc3ncc(-c4cnn(CCCOS(C)(=O)=O)c4)nc3c2)c1. The normalized spacial score (nSPS) is 11.6. The Bertz CT molecular complexity index is 1390. The summed E-state index contributed by atoms with van der Waals surface area (Å²) in [4.78, 5) is 9.19. The van der Waals surface area contributed by atoms with Gasteiger partial charge in [-0.1, -0.05) is 0 Å². The fourth-order valence-electron chi connectivity index (χ4n) is 3.22. The summed E-state index contributed by atoms with van der Waals surface area (Å²) in [7, 11) is -1.90. The van der Waals surface area contributed by atoms with Gasteiger partial charge in [0, 0.05) is 47.9 Å². The van der Waals surface area contributed by atoms with Crippen molar-refractivity contribution in [2.45, 2.75) is 13.0 Å². The number of hydrogen-bond donors (Lipinski definition) is 2. The second-order valence-electron chi connectivity index (χ2n) is 7.38. The maximum atomic E-state index is 11.0. The lowest BCUT2D eigenvalue weighted by atomic mass is 10.2. The molecule has 0 radical (unpaired) electrons. The third-order valence-electron chi connectivity index (χ3n) is 4.72. The van der Waals surface area contributed by atoms with Crippen LogP contribution in [0.3, 0.4) is 0 Å². The van der Waals surface area contributed by atoms with Gasteiger partial charge in [0.1, 0.15) is 11.5 Å². The van der Waals surface area contributed by atoms with Crippen LogP contribution in [0.5, 0.6) is 11.5 Å². The Morgan fingerprint density at radius 3 is 2.73 bits per heavy atom. The Labute approximate surface area is 191 Å². The van der Waals surface area contributed by atoms with E-state index < -0.39 is 10.1 Å². The van der Waals surface area contributed by atoms with Crippen LogP contribution in [0.4, 0.5) is 11.4 Å². The van der Waals surface area contributed by atoms with Crippen molar-refractivity contribution in [1.29, 1.82) is 0 Å². The van der Waals surface area contributed by atoms with E-state index in [0.29, 0.717) is 35.6 Å². The minimum Gasteiger partial charge on any atom is -0.508 e. The summed E-state index contributed by atoms with van der Waals surface area (Å²) in [5.41, 5.74) is 4.35. The van der Waals surface area contributed by atoms with E-state index in [2.05, 4.69) is 15.4 Å². The lowest BCUT2D eigenvalue weighted by Gasteiger charge is -2.10. The standard InChI is InChI=1S/C22H23N5O5S/c1-31-19-9-17(8-18(28)11-19)25-16-4-5-20-21(10-16)26-22(13-23-20)15-12-24-27(14-15)6-3-7-32-33(2,29)30/h4-5,8-14,25,28H,3,6-7H2,1-2H3. The zero-order chi connectivity index (χ0) is 23.4. The molecular weight excluding hydrogens is 446 g/mol. The van der Waals surface area contributed by atoms with E-state index in [4.69, 9.17) is 13.9 Å². The largest absolute Gasteiger partial charge is 0.508 e. The summed E-state index contributed by atoms with van der Waals surface area (Å²) >= 11 is 0. The molecule has 0 atom stereocenters. The van der Waals surface area contributed by atoms with Crippen molar-refractivity contribution in [2.24, 2.45) is 0 Å². The van der Waals surface area contributed by atoms with Gasteiger partial charge in [0.15, 0.2) is 0 Å². The van der Waals surface area contributed by atoms with Crippen LogP contribution >= 0.6 is 0 Å². The average Bonchev–Trinajstić information content (AvgIpc) is 3.24. The molecule has 2 N–H and O–H groups in total. The molecule has 4 aromatic rings. The highest BCUT2D eigenvalue weighted by Crippen LogP contribution is 2.28. The van der Waals surface area contributed by atoms with Gasteiger partial charge >= 0.3 is 0 Å². The number of aromatic nitrogens is 4. The second-order valence-corrected chi connectivity index (χ2v) is 9.02. The van der Waals surface area contributed by atoms with Crippen LogP contribution in [0, 0.1) is 0 Å². The molecule has 0 saturated heterocycles. The van der Waals surface area contributed by atoms with Crippen molar-refractivity contribution in [3.05, 3.63) is 55.0 Å². The monoisotopic (exact) mass is 469 g/mol. The van der Waals surface area contributed by atoms with Crippen LogP contribution in [0.2, 0.25) is 0 Å². The van der Waals surface area contributed by atoms with Gasteiger partial charge in [-0.15, -0.1) is 0 Å². The Balaban J connectivity index is 1.50. The topological polar surface area (TPSA) is 128 Å². The molecule has 33 heavy (non-hydrogen) atoms. The van der Waals surface area contributed by atoms with Gasteiger partial charge in [-0.05, 0) is 24.6 Å². The number of benzene rings is 2. The van der Waals surface area contributed by atoms with Crippen LogP contribution in [0.25, 0.3) is 22.3 Å². The van der Waals surface area contributed by atoms with Gasteiger partial charge in [-0.3, -0.25) is 13.8 Å². The third kappa shape index (κ3) is 5.96. The average molecular weight is 470 g/mol. The van der Waals surface area contributed by atoms with Gasteiger partial charge in [0.2, 0.25) is 0 Å².